The maximum Gasteiger partial charge on any atom is 0.139 e. The molecular weight excluding hydrogens is 314 g/mol. The Morgan fingerprint density at radius 3 is 2.96 bits per heavy atom. The molecular formula is C19H31N3OSi. The maximum absolute atomic E-state index is 5.88. The zero-order chi connectivity index (χ0) is 17.0. The van der Waals surface area contributed by atoms with Crippen molar-refractivity contribution in [1.29, 1.82) is 0 Å². The third-order valence-electron chi connectivity index (χ3n) is 4.90. The number of hydrogen-bond acceptors (Lipinski definition) is 3. The molecule has 1 atom stereocenters. The van der Waals surface area contributed by atoms with Gasteiger partial charge in [0.05, 0.1) is 11.7 Å². The van der Waals surface area contributed by atoms with Crippen LogP contribution in [0.15, 0.2) is 24.4 Å². The van der Waals surface area contributed by atoms with Crippen LogP contribution in [0.4, 0.5) is 0 Å². The molecule has 0 amide bonds. The van der Waals surface area contributed by atoms with E-state index in [0.717, 1.165) is 25.5 Å². The minimum absolute atomic E-state index is 0.558. The van der Waals surface area contributed by atoms with Crippen molar-refractivity contribution in [1.82, 2.24) is 15.1 Å². The van der Waals surface area contributed by atoms with E-state index in [9.17, 15) is 0 Å². The summed E-state index contributed by atoms with van der Waals surface area (Å²) in [5.74, 6) is 0.751. The summed E-state index contributed by atoms with van der Waals surface area (Å²) < 4.78 is 7.88. The van der Waals surface area contributed by atoms with Gasteiger partial charge in [-0.2, -0.15) is 5.10 Å². The van der Waals surface area contributed by atoms with E-state index in [1.807, 2.05) is 10.9 Å². The molecule has 2 heterocycles. The van der Waals surface area contributed by atoms with Crippen LogP contribution in [0.2, 0.25) is 25.7 Å². The highest BCUT2D eigenvalue weighted by atomic mass is 28.3. The molecule has 4 nitrogen and oxygen atoms in total. The molecule has 0 aliphatic carbocycles. The second-order valence-corrected chi connectivity index (χ2v) is 13.9. The number of nitrogens with one attached hydrogen (secondary N) is 1. The van der Waals surface area contributed by atoms with Crippen LogP contribution in [-0.4, -0.2) is 37.6 Å². The van der Waals surface area contributed by atoms with Gasteiger partial charge in [0.1, 0.15) is 6.73 Å². The van der Waals surface area contributed by atoms with E-state index in [2.05, 4.69) is 48.3 Å². The average Bonchev–Trinajstić information content (AvgIpc) is 2.96. The van der Waals surface area contributed by atoms with Crippen molar-refractivity contribution in [3.8, 4) is 0 Å². The lowest BCUT2D eigenvalue weighted by atomic mass is 9.91. The van der Waals surface area contributed by atoms with Crippen molar-refractivity contribution in [2.75, 3.05) is 19.7 Å². The summed E-state index contributed by atoms with van der Waals surface area (Å²) in [5, 5.41) is 9.38. The molecule has 1 N–H and O–H groups in total. The molecule has 3 rings (SSSR count). The zero-order valence-corrected chi connectivity index (χ0v) is 16.3. The first-order valence-electron chi connectivity index (χ1n) is 9.25. The van der Waals surface area contributed by atoms with Crippen LogP contribution < -0.4 is 5.32 Å². The van der Waals surface area contributed by atoms with Gasteiger partial charge in [-0.05, 0) is 55.9 Å². The Kier molecular flexibility index (Phi) is 5.74. The number of ether oxygens (including phenoxy) is 1. The quantitative estimate of drug-likeness (QED) is 0.611. The van der Waals surface area contributed by atoms with Crippen molar-refractivity contribution in [2.45, 2.75) is 51.7 Å². The van der Waals surface area contributed by atoms with Gasteiger partial charge in [-0.25, -0.2) is 4.68 Å². The second kappa shape index (κ2) is 7.81. The topological polar surface area (TPSA) is 39.1 Å². The third-order valence-corrected chi connectivity index (χ3v) is 6.60. The van der Waals surface area contributed by atoms with Gasteiger partial charge in [0.25, 0.3) is 0 Å². The first-order chi connectivity index (χ1) is 11.5. The minimum Gasteiger partial charge on any atom is -0.360 e. The van der Waals surface area contributed by atoms with Crippen molar-refractivity contribution in [3.05, 3.63) is 30.0 Å². The van der Waals surface area contributed by atoms with Gasteiger partial charge in [0.15, 0.2) is 0 Å². The van der Waals surface area contributed by atoms with Crippen molar-refractivity contribution in [2.24, 2.45) is 5.92 Å². The summed E-state index contributed by atoms with van der Waals surface area (Å²) in [6, 6.07) is 7.78. The van der Waals surface area contributed by atoms with Crippen molar-refractivity contribution in [3.63, 3.8) is 0 Å². The van der Waals surface area contributed by atoms with Gasteiger partial charge < -0.3 is 10.1 Å². The Bertz CT molecular complexity index is 656. The largest absolute Gasteiger partial charge is 0.360 e. The highest BCUT2D eigenvalue weighted by Crippen LogP contribution is 2.24. The zero-order valence-electron chi connectivity index (χ0n) is 15.3. The molecule has 2 aromatic rings. The van der Waals surface area contributed by atoms with E-state index in [1.54, 1.807) is 0 Å². The van der Waals surface area contributed by atoms with Crippen molar-refractivity contribution < 1.29 is 4.74 Å². The fraction of sp³-hybridized carbons (Fsp3) is 0.632. The first-order valence-corrected chi connectivity index (χ1v) is 13.0. The van der Waals surface area contributed by atoms with Gasteiger partial charge in [-0.15, -0.1) is 0 Å². The van der Waals surface area contributed by atoms with Crippen LogP contribution in [0.5, 0.6) is 0 Å². The van der Waals surface area contributed by atoms with E-state index < -0.39 is 8.07 Å². The summed E-state index contributed by atoms with van der Waals surface area (Å²) in [6.07, 6.45) is 5.79. The molecule has 5 heteroatoms. The molecule has 0 saturated carbocycles. The standard InChI is InChI=1S/C19H31N3OSi/c1-24(2,3)11-10-23-15-22-19-8-4-7-17(18(19)14-21-22)12-16-6-5-9-20-13-16/h4,7-8,14,16,20H,5-6,9-13,15H2,1-3H3. The van der Waals surface area contributed by atoms with E-state index >= 15 is 0 Å². The lowest BCUT2D eigenvalue weighted by Crippen LogP contribution is -2.30. The number of rotatable bonds is 7. The van der Waals surface area contributed by atoms with E-state index in [4.69, 9.17) is 4.74 Å². The lowest BCUT2D eigenvalue weighted by Gasteiger charge is -2.22. The summed E-state index contributed by atoms with van der Waals surface area (Å²) >= 11 is 0. The Balaban J connectivity index is 1.65. The molecule has 1 fully saturated rings. The molecule has 132 valence electrons. The first kappa shape index (κ1) is 17.6. The third kappa shape index (κ3) is 4.68. The van der Waals surface area contributed by atoms with Crippen LogP contribution >= 0.6 is 0 Å². The molecule has 0 radical (unpaired) electrons. The number of benzene rings is 1. The Hall–Kier alpha value is -1.17. The van der Waals surface area contributed by atoms with Gasteiger partial charge >= 0.3 is 0 Å². The average molecular weight is 346 g/mol. The second-order valence-electron chi connectivity index (χ2n) is 8.26. The predicted octanol–water partition coefficient (Wildman–Crippen LogP) is 3.89. The summed E-state index contributed by atoms with van der Waals surface area (Å²) in [6.45, 7) is 10.9. The van der Waals surface area contributed by atoms with E-state index in [1.165, 1.54) is 41.9 Å². The fourth-order valence-electron chi connectivity index (χ4n) is 3.38. The van der Waals surface area contributed by atoms with Crippen molar-refractivity contribution >= 4 is 19.0 Å². The molecule has 1 aromatic heterocycles. The van der Waals surface area contributed by atoms with Crippen LogP contribution in [0.3, 0.4) is 0 Å². The van der Waals surface area contributed by atoms with Crippen LogP contribution in [-0.2, 0) is 17.9 Å². The SMILES string of the molecule is C[Si](C)(C)CCOCn1ncc2c(CC3CCCNC3)cccc21. The molecule has 1 unspecified atom stereocenters. The monoisotopic (exact) mass is 345 g/mol. The number of aromatic nitrogens is 2. The minimum atomic E-state index is -1.03. The smallest absolute Gasteiger partial charge is 0.139 e. The normalized spacial score (nSPS) is 19.0. The molecule has 24 heavy (non-hydrogen) atoms. The Morgan fingerprint density at radius 1 is 1.33 bits per heavy atom. The molecule has 1 saturated heterocycles. The summed E-state index contributed by atoms with van der Waals surface area (Å²) in [7, 11) is -1.03. The van der Waals surface area contributed by atoms with Gasteiger partial charge in [-0.1, -0.05) is 31.8 Å². The number of nitrogens with zero attached hydrogens (tertiary/aromatic N) is 2. The molecule has 1 aromatic carbocycles. The van der Waals surface area contributed by atoms with Gasteiger partial charge in [0, 0.05) is 20.1 Å². The van der Waals surface area contributed by atoms with Crippen LogP contribution in [0.25, 0.3) is 10.9 Å². The number of hydrogen-bond donors (Lipinski definition) is 1. The van der Waals surface area contributed by atoms with Gasteiger partial charge in [-0.3, -0.25) is 0 Å². The number of piperidine rings is 1. The molecule has 1 aliphatic heterocycles. The van der Waals surface area contributed by atoms with E-state index in [0.29, 0.717) is 6.73 Å². The van der Waals surface area contributed by atoms with Crippen LogP contribution in [0, 0.1) is 5.92 Å². The number of fused-ring (bicyclic) bond motifs is 1. The van der Waals surface area contributed by atoms with Crippen LogP contribution in [0.1, 0.15) is 18.4 Å². The van der Waals surface area contributed by atoms with Gasteiger partial charge in [0.2, 0.25) is 0 Å². The fourth-order valence-corrected chi connectivity index (χ4v) is 4.14. The maximum atomic E-state index is 5.88. The highest BCUT2D eigenvalue weighted by Gasteiger charge is 2.16. The highest BCUT2D eigenvalue weighted by molar-refractivity contribution is 6.76. The molecule has 0 spiro atoms. The summed E-state index contributed by atoms with van der Waals surface area (Å²) in [4.78, 5) is 0. The summed E-state index contributed by atoms with van der Waals surface area (Å²) in [5.41, 5.74) is 2.62. The molecule has 1 aliphatic rings. The Labute approximate surface area is 146 Å². The molecule has 0 bridgehead atoms. The lowest BCUT2D eigenvalue weighted by molar-refractivity contribution is 0.0817. The Morgan fingerprint density at radius 2 is 2.21 bits per heavy atom. The van der Waals surface area contributed by atoms with E-state index in [-0.39, 0.29) is 0 Å². The predicted molar refractivity (Wildman–Crippen MR) is 103 cm³/mol.